The molecule has 0 radical (unpaired) electrons. The van der Waals surface area contributed by atoms with Crippen LogP contribution in [0.1, 0.15) is 32.8 Å². The van der Waals surface area contributed by atoms with Crippen LogP contribution in [0.3, 0.4) is 0 Å². The fraction of sp³-hybridized carbons (Fsp3) is 0.632. The lowest BCUT2D eigenvalue weighted by atomic mass is 9.70. The Labute approximate surface area is 133 Å². The standard InChI is InChI=1S/C19H26O3/c1-11-12(2)17-9-16(11)13(3)18(17)19(20)22-10-14-5-7-15(21-4)8-6-14/h5-8,11-13,16-18H,9-10H2,1-4H3/t11-,12+,13+,16?,17?,18?/m0/s1. The molecule has 3 nitrogen and oxygen atoms in total. The van der Waals surface area contributed by atoms with E-state index in [9.17, 15) is 4.79 Å². The zero-order chi connectivity index (χ0) is 15.9. The number of ether oxygens (including phenoxy) is 2. The van der Waals surface area contributed by atoms with Crippen LogP contribution in [0.15, 0.2) is 24.3 Å². The molecule has 1 aromatic carbocycles. The van der Waals surface area contributed by atoms with Gasteiger partial charge in [0, 0.05) is 0 Å². The summed E-state index contributed by atoms with van der Waals surface area (Å²) in [6.45, 7) is 7.22. The Kier molecular flexibility index (Phi) is 4.16. The summed E-state index contributed by atoms with van der Waals surface area (Å²) in [4.78, 5) is 12.5. The van der Waals surface area contributed by atoms with Gasteiger partial charge < -0.3 is 9.47 Å². The number of carbonyl (C=O) groups excluding carboxylic acids is 1. The molecule has 3 unspecified atom stereocenters. The number of carbonyl (C=O) groups is 1. The number of benzene rings is 1. The van der Waals surface area contributed by atoms with Crippen LogP contribution in [0, 0.1) is 35.5 Å². The summed E-state index contributed by atoms with van der Waals surface area (Å²) in [7, 11) is 1.65. The van der Waals surface area contributed by atoms with Crippen LogP contribution >= 0.6 is 0 Å². The summed E-state index contributed by atoms with van der Waals surface area (Å²) < 4.78 is 10.8. The second-order valence-corrected chi connectivity index (χ2v) is 7.12. The second-order valence-electron chi connectivity index (χ2n) is 7.12. The number of methoxy groups -OCH3 is 1. The summed E-state index contributed by atoms with van der Waals surface area (Å²) in [6.07, 6.45) is 1.20. The summed E-state index contributed by atoms with van der Waals surface area (Å²) in [5.41, 5.74) is 1.01. The van der Waals surface area contributed by atoms with Gasteiger partial charge in [0.05, 0.1) is 13.0 Å². The Morgan fingerprint density at radius 3 is 2.27 bits per heavy atom. The van der Waals surface area contributed by atoms with E-state index >= 15 is 0 Å². The SMILES string of the molecule is COc1ccc(COC(=O)C2C3CC([C@H]2C)[C@@H](C)[C@H]3C)cc1. The van der Waals surface area contributed by atoms with Crippen molar-refractivity contribution < 1.29 is 14.3 Å². The average molecular weight is 302 g/mol. The fourth-order valence-corrected chi connectivity index (χ4v) is 4.71. The van der Waals surface area contributed by atoms with Crippen molar-refractivity contribution >= 4 is 5.97 Å². The third kappa shape index (κ3) is 2.51. The summed E-state index contributed by atoms with van der Waals surface area (Å²) >= 11 is 0. The van der Waals surface area contributed by atoms with Gasteiger partial charge in [-0.3, -0.25) is 4.79 Å². The van der Waals surface area contributed by atoms with Gasteiger partial charge in [-0.1, -0.05) is 32.9 Å². The van der Waals surface area contributed by atoms with E-state index < -0.39 is 0 Å². The van der Waals surface area contributed by atoms with Crippen molar-refractivity contribution in [2.45, 2.75) is 33.8 Å². The molecule has 0 aliphatic heterocycles. The first-order chi connectivity index (χ1) is 10.5. The smallest absolute Gasteiger partial charge is 0.309 e. The Balaban J connectivity index is 1.60. The van der Waals surface area contributed by atoms with Gasteiger partial charge >= 0.3 is 5.97 Å². The molecule has 2 aliphatic rings. The predicted octanol–water partition coefficient (Wildman–Crippen LogP) is 3.91. The van der Waals surface area contributed by atoms with E-state index in [0.717, 1.165) is 17.2 Å². The number of hydrogen-bond acceptors (Lipinski definition) is 3. The van der Waals surface area contributed by atoms with Gasteiger partial charge in [0.2, 0.25) is 0 Å². The third-order valence-electron chi connectivity index (χ3n) is 6.24. The molecular weight excluding hydrogens is 276 g/mol. The minimum absolute atomic E-state index is 0.00503. The van der Waals surface area contributed by atoms with Gasteiger partial charge in [0.1, 0.15) is 12.4 Å². The zero-order valence-corrected chi connectivity index (χ0v) is 13.9. The van der Waals surface area contributed by atoms with Gasteiger partial charge in [-0.25, -0.2) is 0 Å². The van der Waals surface area contributed by atoms with Gasteiger partial charge in [-0.15, -0.1) is 0 Å². The largest absolute Gasteiger partial charge is 0.497 e. The monoisotopic (exact) mass is 302 g/mol. The molecule has 0 heterocycles. The fourth-order valence-electron chi connectivity index (χ4n) is 4.71. The number of rotatable bonds is 4. The number of fused-ring (bicyclic) bond motifs is 2. The maximum absolute atomic E-state index is 12.5. The minimum Gasteiger partial charge on any atom is -0.497 e. The van der Waals surface area contributed by atoms with Crippen molar-refractivity contribution in [3.05, 3.63) is 29.8 Å². The highest BCUT2D eigenvalue weighted by Crippen LogP contribution is 2.58. The van der Waals surface area contributed by atoms with Crippen LogP contribution in [0.4, 0.5) is 0 Å². The molecule has 6 atom stereocenters. The quantitative estimate of drug-likeness (QED) is 0.791. The lowest BCUT2D eigenvalue weighted by molar-refractivity contribution is -0.155. The van der Waals surface area contributed by atoms with Crippen LogP contribution < -0.4 is 4.74 Å². The molecular formula is C19H26O3. The van der Waals surface area contributed by atoms with Crippen molar-refractivity contribution in [1.29, 1.82) is 0 Å². The van der Waals surface area contributed by atoms with Crippen molar-refractivity contribution in [3.63, 3.8) is 0 Å². The highest BCUT2D eigenvalue weighted by molar-refractivity contribution is 5.74. The van der Waals surface area contributed by atoms with Crippen LogP contribution in [-0.4, -0.2) is 13.1 Å². The maximum Gasteiger partial charge on any atom is 0.309 e. The Morgan fingerprint density at radius 2 is 1.68 bits per heavy atom. The third-order valence-corrected chi connectivity index (χ3v) is 6.24. The van der Waals surface area contributed by atoms with Gasteiger partial charge in [-0.2, -0.15) is 0 Å². The molecule has 0 spiro atoms. The molecule has 120 valence electrons. The maximum atomic E-state index is 12.5. The van der Waals surface area contributed by atoms with Crippen LogP contribution in [0.25, 0.3) is 0 Å². The molecule has 2 fully saturated rings. The molecule has 0 aromatic heterocycles. The van der Waals surface area contributed by atoms with Crippen LogP contribution in [0.2, 0.25) is 0 Å². The van der Waals surface area contributed by atoms with E-state index in [1.165, 1.54) is 6.42 Å². The highest BCUT2D eigenvalue weighted by atomic mass is 16.5. The molecule has 2 saturated carbocycles. The molecule has 2 bridgehead atoms. The molecule has 3 rings (SSSR count). The molecule has 0 saturated heterocycles. The summed E-state index contributed by atoms with van der Waals surface area (Å²) in [5.74, 6) is 3.95. The highest BCUT2D eigenvalue weighted by Gasteiger charge is 2.56. The first-order valence-electron chi connectivity index (χ1n) is 8.32. The topological polar surface area (TPSA) is 35.5 Å². The van der Waals surface area contributed by atoms with E-state index in [4.69, 9.17) is 9.47 Å². The Bertz CT molecular complexity index is 536. The minimum atomic E-state index is -0.00503. The average Bonchev–Trinajstić information content (AvgIpc) is 3.02. The molecule has 2 aliphatic carbocycles. The number of esters is 1. The van der Waals surface area contributed by atoms with E-state index in [0.29, 0.717) is 30.3 Å². The van der Waals surface area contributed by atoms with Crippen LogP contribution in [0.5, 0.6) is 5.75 Å². The lowest BCUT2D eigenvalue weighted by Gasteiger charge is -2.35. The van der Waals surface area contributed by atoms with E-state index in [1.807, 2.05) is 24.3 Å². The zero-order valence-electron chi connectivity index (χ0n) is 13.9. The molecule has 0 N–H and O–H groups in total. The molecule has 1 aromatic rings. The van der Waals surface area contributed by atoms with E-state index in [2.05, 4.69) is 20.8 Å². The summed E-state index contributed by atoms with van der Waals surface area (Å²) in [5, 5.41) is 0. The van der Waals surface area contributed by atoms with Crippen molar-refractivity contribution in [3.8, 4) is 5.75 Å². The molecule has 22 heavy (non-hydrogen) atoms. The second kappa shape index (κ2) is 5.94. The molecule has 0 amide bonds. The van der Waals surface area contributed by atoms with E-state index in [-0.39, 0.29) is 11.9 Å². The first-order valence-corrected chi connectivity index (χ1v) is 8.32. The van der Waals surface area contributed by atoms with Gasteiger partial charge in [0.25, 0.3) is 0 Å². The summed E-state index contributed by atoms with van der Waals surface area (Å²) in [6, 6.07) is 7.68. The number of hydrogen-bond donors (Lipinski definition) is 0. The van der Waals surface area contributed by atoms with Crippen molar-refractivity contribution in [1.82, 2.24) is 0 Å². The van der Waals surface area contributed by atoms with E-state index in [1.54, 1.807) is 7.11 Å². The van der Waals surface area contributed by atoms with Gasteiger partial charge in [-0.05, 0) is 53.7 Å². The lowest BCUT2D eigenvalue weighted by Crippen LogP contribution is -2.36. The Hall–Kier alpha value is -1.51. The predicted molar refractivity (Wildman–Crippen MR) is 85.4 cm³/mol. The Morgan fingerprint density at radius 1 is 1.05 bits per heavy atom. The first kappa shape index (κ1) is 15.4. The van der Waals surface area contributed by atoms with Crippen LogP contribution in [-0.2, 0) is 16.1 Å². The van der Waals surface area contributed by atoms with Gasteiger partial charge in [0.15, 0.2) is 0 Å². The van der Waals surface area contributed by atoms with Crippen molar-refractivity contribution in [2.24, 2.45) is 35.5 Å². The molecule has 3 heteroatoms. The normalized spacial score (nSPS) is 36.4. The van der Waals surface area contributed by atoms with Crippen molar-refractivity contribution in [2.75, 3.05) is 7.11 Å².